The SMILES string of the molecule is COc1cc(OC)c2c(c1Cl)OC1(C2=O)C(O)=C(C(CC(=O)NCCC(=O)Nc2nccs2)c2ccc(SC)cc2)C(=O)CC1C. The van der Waals surface area contributed by atoms with Crippen LogP contribution in [0, 0.1) is 5.92 Å². The van der Waals surface area contributed by atoms with Crippen LogP contribution < -0.4 is 24.8 Å². The topological polar surface area (TPSA) is 153 Å². The van der Waals surface area contributed by atoms with E-state index in [1.807, 2.05) is 18.4 Å². The van der Waals surface area contributed by atoms with Crippen molar-refractivity contribution in [2.24, 2.45) is 5.92 Å². The quantitative estimate of drug-likeness (QED) is 0.218. The van der Waals surface area contributed by atoms with E-state index < -0.39 is 40.7 Å². The first-order valence-electron chi connectivity index (χ1n) is 14.3. The number of amides is 2. The number of thioether (sulfide) groups is 1. The van der Waals surface area contributed by atoms with Gasteiger partial charge in [-0.3, -0.25) is 19.2 Å². The number of thiazole rings is 1. The number of aliphatic hydroxyl groups excluding tert-OH is 1. The number of aromatic nitrogens is 1. The van der Waals surface area contributed by atoms with Crippen molar-refractivity contribution in [2.75, 3.05) is 32.3 Å². The first-order valence-corrected chi connectivity index (χ1v) is 16.8. The Labute approximate surface area is 278 Å². The van der Waals surface area contributed by atoms with Gasteiger partial charge < -0.3 is 30.0 Å². The maximum atomic E-state index is 14.2. The number of Topliss-reactive ketones (excluding diaryl/α,β-unsaturated/α-hetero) is 2. The average Bonchev–Trinajstić information content (AvgIpc) is 3.66. The van der Waals surface area contributed by atoms with E-state index >= 15 is 0 Å². The number of carbonyl (C=O) groups is 4. The Hall–Kier alpha value is -4.07. The van der Waals surface area contributed by atoms with Crippen molar-refractivity contribution in [3.05, 3.63) is 69.4 Å². The lowest BCUT2D eigenvalue weighted by atomic mass is 9.69. The lowest BCUT2D eigenvalue weighted by Crippen LogP contribution is -2.53. The summed E-state index contributed by atoms with van der Waals surface area (Å²) in [6.45, 7) is 1.67. The predicted molar refractivity (Wildman–Crippen MR) is 175 cm³/mol. The molecular formula is C32H32ClN3O8S2. The number of halogens is 1. The number of nitrogens with one attached hydrogen (secondary N) is 2. The van der Waals surface area contributed by atoms with E-state index in [1.165, 1.54) is 43.4 Å². The van der Waals surface area contributed by atoms with Crippen molar-refractivity contribution in [3.63, 3.8) is 0 Å². The van der Waals surface area contributed by atoms with Crippen LogP contribution in [0.25, 0.3) is 0 Å². The maximum Gasteiger partial charge on any atom is 0.231 e. The first-order chi connectivity index (χ1) is 22.0. The fourth-order valence-corrected chi connectivity index (χ4v) is 7.02. The molecule has 3 unspecified atom stereocenters. The van der Waals surface area contributed by atoms with Crippen LogP contribution in [0.1, 0.15) is 48.0 Å². The first kappa shape index (κ1) is 33.3. The second kappa shape index (κ2) is 13.7. The molecule has 5 rings (SSSR count). The van der Waals surface area contributed by atoms with Gasteiger partial charge in [0.25, 0.3) is 0 Å². The molecule has 0 radical (unpaired) electrons. The highest BCUT2D eigenvalue weighted by Crippen LogP contribution is 2.55. The molecule has 2 aliphatic rings. The van der Waals surface area contributed by atoms with Gasteiger partial charge in [-0.15, -0.1) is 23.1 Å². The van der Waals surface area contributed by atoms with Crippen molar-refractivity contribution in [3.8, 4) is 17.2 Å². The Balaban J connectivity index is 1.50. The normalized spacial score (nSPS) is 19.5. The minimum Gasteiger partial charge on any atom is -0.507 e. The fraction of sp³-hybridized carbons (Fsp3) is 0.344. The second-order valence-corrected chi connectivity index (χ2v) is 12.9. The lowest BCUT2D eigenvalue weighted by Gasteiger charge is -2.38. The summed E-state index contributed by atoms with van der Waals surface area (Å²) < 4.78 is 17.1. The van der Waals surface area contributed by atoms with Crippen LogP contribution in [-0.4, -0.2) is 66.1 Å². The van der Waals surface area contributed by atoms with E-state index in [1.54, 1.807) is 30.6 Å². The van der Waals surface area contributed by atoms with E-state index in [4.69, 9.17) is 25.8 Å². The molecule has 46 heavy (non-hydrogen) atoms. The summed E-state index contributed by atoms with van der Waals surface area (Å²) in [7, 11) is 2.79. The summed E-state index contributed by atoms with van der Waals surface area (Å²) in [5, 5.41) is 19.6. The number of ketones is 2. The van der Waals surface area contributed by atoms with Crippen molar-refractivity contribution >= 4 is 63.2 Å². The summed E-state index contributed by atoms with van der Waals surface area (Å²) in [6, 6.07) is 8.71. The minimum atomic E-state index is -1.99. The molecule has 1 aliphatic heterocycles. The highest BCUT2D eigenvalue weighted by Gasteiger charge is 2.61. The number of aliphatic hydroxyl groups is 1. The van der Waals surface area contributed by atoms with E-state index in [2.05, 4.69) is 15.6 Å². The maximum absolute atomic E-state index is 14.2. The van der Waals surface area contributed by atoms with Gasteiger partial charge in [0.1, 0.15) is 22.1 Å². The smallest absolute Gasteiger partial charge is 0.231 e. The number of methoxy groups -OCH3 is 2. The number of rotatable bonds is 11. The summed E-state index contributed by atoms with van der Waals surface area (Å²) in [4.78, 5) is 58.5. The Morgan fingerprint density at radius 1 is 1.20 bits per heavy atom. The molecule has 11 nitrogen and oxygen atoms in total. The zero-order chi connectivity index (χ0) is 33.2. The van der Waals surface area contributed by atoms with Crippen LogP contribution in [0.4, 0.5) is 5.13 Å². The Bertz CT molecular complexity index is 1710. The number of anilines is 1. The number of hydrogen-bond acceptors (Lipinski definition) is 11. The molecule has 2 heterocycles. The van der Waals surface area contributed by atoms with Crippen LogP contribution in [0.5, 0.6) is 17.2 Å². The predicted octanol–water partition coefficient (Wildman–Crippen LogP) is 5.59. The van der Waals surface area contributed by atoms with Gasteiger partial charge in [-0.2, -0.15) is 0 Å². The van der Waals surface area contributed by atoms with Crippen molar-refractivity contribution in [1.82, 2.24) is 10.3 Å². The summed E-state index contributed by atoms with van der Waals surface area (Å²) in [5.41, 5.74) is -1.49. The molecule has 3 N–H and O–H groups in total. The van der Waals surface area contributed by atoms with E-state index in [9.17, 15) is 24.3 Å². The molecule has 0 fully saturated rings. The molecule has 1 aliphatic carbocycles. The second-order valence-electron chi connectivity index (χ2n) is 10.8. The third-order valence-electron chi connectivity index (χ3n) is 8.12. The van der Waals surface area contributed by atoms with Crippen LogP contribution in [0.2, 0.25) is 5.02 Å². The third-order valence-corrected chi connectivity index (χ3v) is 9.91. The molecule has 14 heteroatoms. The van der Waals surface area contributed by atoms with Crippen LogP contribution >= 0.6 is 34.7 Å². The van der Waals surface area contributed by atoms with Gasteiger partial charge >= 0.3 is 0 Å². The minimum absolute atomic E-state index is 0.00142. The molecule has 242 valence electrons. The summed E-state index contributed by atoms with van der Waals surface area (Å²) in [5.74, 6) is -3.82. The largest absolute Gasteiger partial charge is 0.507 e. The van der Waals surface area contributed by atoms with Gasteiger partial charge in [-0.25, -0.2) is 4.98 Å². The van der Waals surface area contributed by atoms with Gasteiger partial charge in [-0.05, 0) is 24.0 Å². The molecule has 1 aromatic heterocycles. The lowest BCUT2D eigenvalue weighted by molar-refractivity contribution is -0.121. The Morgan fingerprint density at radius 3 is 2.54 bits per heavy atom. The van der Waals surface area contributed by atoms with E-state index in [0.29, 0.717) is 10.7 Å². The average molecular weight is 686 g/mol. The number of allylic oxidation sites excluding steroid dienone is 1. The van der Waals surface area contributed by atoms with Crippen molar-refractivity contribution in [1.29, 1.82) is 0 Å². The molecule has 3 aromatic rings. The zero-order valence-corrected chi connectivity index (χ0v) is 27.9. The van der Waals surface area contributed by atoms with Crippen molar-refractivity contribution in [2.45, 2.75) is 42.6 Å². The fourth-order valence-electron chi connectivity index (χ4n) is 5.80. The molecule has 2 aromatic carbocycles. The van der Waals surface area contributed by atoms with Gasteiger partial charge in [0.2, 0.25) is 23.2 Å². The number of hydrogen-bond donors (Lipinski definition) is 3. The molecule has 0 saturated carbocycles. The number of carbonyl (C=O) groups excluding carboxylic acids is 4. The standard InChI is InChI=1S/C32H32ClN3O8S2/c1-16-13-20(37)25(29(40)32(16)30(41)26-21(42-2)15-22(43-3)27(33)28(26)44-32)19(17-5-7-18(45-4)8-6-17)14-24(39)34-10-9-23(38)36-31-35-11-12-46-31/h5-8,11-12,15-16,19,40H,9-10,13-14H2,1-4H3,(H,34,39)(H,35,36,38). The Kier molecular flexibility index (Phi) is 9.94. The number of fused-ring (bicyclic) bond motifs is 1. The monoisotopic (exact) mass is 685 g/mol. The zero-order valence-electron chi connectivity index (χ0n) is 25.5. The molecule has 3 atom stereocenters. The van der Waals surface area contributed by atoms with Gasteiger partial charge in [0.15, 0.2) is 22.4 Å². The number of nitrogens with zero attached hydrogens (tertiary/aromatic N) is 1. The van der Waals surface area contributed by atoms with Gasteiger partial charge in [0.05, 0.1) is 14.2 Å². The summed E-state index contributed by atoms with van der Waals surface area (Å²) in [6.07, 6.45) is 3.10. The number of benzene rings is 2. The van der Waals surface area contributed by atoms with Crippen LogP contribution in [0.15, 0.2) is 58.1 Å². The molecule has 0 bridgehead atoms. The van der Waals surface area contributed by atoms with Crippen LogP contribution in [-0.2, 0) is 14.4 Å². The third kappa shape index (κ3) is 6.06. The molecule has 0 saturated heterocycles. The molecule has 1 spiro atoms. The highest BCUT2D eigenvalue weighted by molar-refractivity contribution is 7.98. The van der Waals surface area contributed by atoms with Crippen molar-refractivity contribution < 1.29 is 38.5 Å². The van der Waals surface area contributed by atoms with Gasteiger partial charge in [-0.1, -0.05) is 30.7 Å². The molecule has 2 amide bonds. The van der Waals surface area contributed by atoms with Gasteiger partial charge in [0, 0.05) is 65.8 Å². The number of ether oxygens (including phenoxy) is 3. The van der Waals surface area contributed by atoms with Crippen LogP contribution in [0.3, 0.4) is 0 Å². The van der Waals surface area contributed by atoms with E-state index in [-0.39, 0.29) is 65.1 Å². The van der Waals surface area contributed by atoms with E-state index in [0.717, 1.165) is 4.90 Å². The highest BCUT2D eigenvalue weighted by atomic mass is 35.5. The molecular weight excluding hydrogens is 654 g/mol. The Morgan fingerprint density at radius 2 is 1.91 bits per heavy atom. The summed E-state index contributed by atoms with van der Waals surface area (Å²) >= 11 is 9.37.